The summed E-state index contributed by atoms with van der Waals surface area (Å²) in [5.41, 5.74) is 1.86. The van der Waals surface area contributed by atoms with Gasteiger partial charge in [-0.1, -0.05) is 37.3 Å². The van der Waals surface area contributed by atoms with Gasteiger partial charge in [-0.05, 0) is 56.5 Å². The average molecular weight is 413 g/mol. The number of benzene rings is 2. The van der Waals surface area contributed by atoms with Crippen molar-refractivity contribution < 1.29 is 19.1 Å². The number of carbonyl (C=O) groups excluding carboxylic acids is 2. The summed E-state index contributed by atoms with van der Waals surface area (Å²) >= 11 is 0. The monoisotopic (exact) mass is 412 g/mol. The number of hydrogen-bond donors (Lipinski definition) is 1. The van der Waals surface area contributed by atoms with Gasteiger partial charge in [0, 0.05) is 12.6 Å². The molecular formula is C24H32N2O4. The zero-order chi connectivity index (χ0) is 22.1. The third-order valence-corrected chi connectivity index (χ3v) is 5.13. The molecule has 162 valence electrons. The highest BCUT2D eigenvalue weighted by Gasteiger charge is 2.27. The Balaban J connectivity index is 2.16. The summed E-state index contributed by atoms with van der Waals surface area (Å²) in [5.74, 6) is 0.969. The molecule has 0 bridgehead atoms. The fourth-order valence-corrected chi connectivity index (χ4v) is 2.92. The van der Waals surface area contributed by atoms with Crippen LogP contribution < -0.4 is 14.8 Å². The van der Waals surface area contributed by atoms with Gasteiger partial charge in [0.05, 0.1) is 7.11 Å². The number of para-hydroxylation sites is 1. The SMILES string of the molecule is CC[C@H](C)NC(=O)[C@H](C)N(Cc1ccc(OC)cc1)C(=O)COc1ccccc1C. The van der Waals surface area contributed by atoms with E-state index in [1.807, 2.05) is 69.3 Å². The van der Waals surface area contributed by atoms with Crippen LogP contribution in [0, 0.1) is 6.92 Å². The number of nitrogens with one attached hydrogen (secondary N) is 1. The van der Waals surface area contributed by atoms with Crippen LogP contribution in [0.2, 0.25) is 0 Å². The van der Waals surface area contributed by atoms with E-state index in [2.05, 4.69) is 5.32 Å². The number of nitrogens with zero attached hydrogens (tertiary/aromatic N) is 1. The maximum absolute atomic E-state index is 13.1. The normalized spacial score (nSPS) is 12.6. The molecular weight excluding hydrogens is 380 g/mol. The van der Waals surface area contributed by atoms with Crippen LogP contribution in [0.15, 0.2) is 48.5 Å². The Hall–Kier alpha value is -3.02. The lowest BCUT2D eigenvalue weighted by molar-refractivity contribution is -0.142. The maximum Gasteiger partial charge on any atom is 0.261 e. The average Bonchev–Trinajstić information content (AvgIpc) is 2.76. The Bertz CT molecular complexity index is 835. The van der Waals surface area contributed by atoms with Gasteiger partial charge in [0.25, 0.3) is 5.91 Å². The summed E-state index contributed by atoms with van der Waals surface area (Å²) in [7, 11) is 1.61. The van der Waals surface area contributed by atoms with E-state index in [0.717, 1.165) is 23.3 Å². The van der Waals surface area contributed by atoms with E-state index in [4.69, 9.17) is 9.47 Å². The van der Waals surface area contributed by atoms with Gasteiger partial charge in [0.15, 0.2) is 6.61 Å². The van der Waals surface area contributed by atoms with E-state index < -0.39 is 6.04 Å². The second-order valence-electron chi connectivity index (χ2n) is 7.42. The Labute approximate surface area is 179 Å². The minimum Gasteiger partial charge on any atom is -0.497 e. The summed E-state index contributed by atoms with van der Waals surface area (Å²) in [6, 6.07) is 14.4. The van der Waals surface area contributed by atoms with Gasteiger partial charge in [0.2, 0.25) is 5.91 Å². The largest absolute Gasteiger partial charge is 0.497 e. The summed E-state index contributed by atoms with van der Waals surface area (Å²) < 4.78 is 10.9. The van der Waals surface area contributed by atoms with Crippen molar-refractivity contribution >= 4 is 11.8 Å². The van der Waals surface area contributed by atoms with Gasteiger partial charge in [-0.3, -0.25) is 9.59 Å². The van der Waals surface area contributed by atoms with Gasteiger partial charge in [0.1, 0.15) is 17.5 Å². The number of ether oxygens (including phenoxy) is 2. The molecule has 2 rings (SSSR count). The smallest absolute Gasteiger partial charge is 0.261 e. The first-order valence-corrected chi connectivity index (χ1v) is 10.3. The molecule has 0 aliphatic carbocycles. The number of hydrogen-bond acceptors (Lipinski definition) is 4. The fraction of sp³-hybridized carbons (Fsp3) is 0.417. The van der Waals surface area contributed by atoms with Crippen LogP contribution in [-0.4, -0.2) is 42.5 Å². The van der Waals surface area contributed by atoms with Crippen molar-refractivity contribution in [2.75, 3.05) is 13.7 Å². The second kappa shape index (κ2) is 11.2. The summed E-state index contributed by atoms with van der Waals surface area (Å²) in [4.78, 5) is 27.3. The van der Waals surface area contributed by atoms with Crippen molar-refractivity contribution in [3.8, 4) is 11.5 Å². The maximum atomic E-state index is 13.1. The lowest BCUT2D eigenvalue weighted by atomic mass is 10.1. The molecule has 2 aromatic rings. The van der Waals surface area contributed by atoms with E-state index in [0.29, 0.717) is 12.3 Å². The Kier molecular flexibility index (Phi) is 8.71. The zero-order valence-corrected chi connectivity index (χ0v) is 18.5. The molecule has 0 saturated heterocycles. The summed E-state index contributed by atoms with van der Waals surface area (Å²) in [6.45, 7) is 7.79. The quantitative estimate of drug-likeness (QED) is 0.646. The molecule has 0 saturated carbocycles. The highest BCUT2D eigenvalue weighted by Crippen LogP contribution is 2.18. The predicted octanol–water partition coefficient (Wildman–Crippen LogP) is 3.71. The molecule has 6 nitrogen and oxygen atoms in total. The lowest BCUT2D eigenvalue weighted by Crippen LogP contribution is -2.50. The van der Waals surface area contributed by atoms with Crippen molar-refractivity contribution in [1.82, 2.24) is 10.2 Å². The molecule has 0 aliphatic heterocycles. The first kappa shape index (κ1) is 23.3. The van der Waals surface area contributed by atoms with E-state index in [1.165, 1.54) is 0 Å². The second-order valence-corrected chi connectivity index (χ2v) is 7.42. The topological polar surface area (TPSA) is 67.9 Å². The highest BCUT2D eigenvalue weighted by molar-refractivity contribution is 5.88. The lowest BCUT2D eigenvalue weighted by Gasteiger charge is -2.29. The molecule has 6 heteroatoms. The summed E-state index contributed by atoms with van der Waals surface area (Å²) in [5, 5.41) is 2.96. The molecule has 0 radical (unpaired) electrons. The van der Waals surface area contributed by atoms with Crippen LogP contribution in [-0.2, 0) is 16.1 Å². The summed E-state index contributed by atoms with van der Waals surface area (Å²) in [6.07, 6.45) is 0.821. The molecule has 0 aromatic heterocycles. The third-order valence-electron chi connectivity index (χ3n) is 5.13. The van der Waals surface area contributed by atoms with Crippen LogP contribution in [0.5, 0.6) is 11.5 Å². The molecule has 0 fully saturated rings. The van der Waals surface area contributed by atoms with E-state index >= 15 is 0 Å². The molecule has 2 aromatic carbocycles. The van der Waals surface area contributed by atoms with Crippen molar-refractivity contribution in [2.24, 2.45) is 0 Å². The third kappa shape index (κ3) is 6.51. The molecule has 2 atom stereocenters. The van der Waals surface area contributed by atoms with Gasteiger partial charge in [-0.15, -0.1) is 0 Å². The Morgan fingerprint density at radius 3 is 2.33 bits per heavy atom. The van der Waals surface area contributed by atoms with Gasteiger partial charge in [-0.25, -0.2) is 0 Å². The van der Waals surface area contributed by atoms with Crippen LogP contribution in [0.1, 0.15) is 38.3 Å². The first-order valence-electron chi connectivity index (χ1n) is 10.3. The van der Waals surface area contributed by atoms with E-state index in [-0.39, 0.29) is 24.5 Å². The fourth-order valence-electron chi connectivity index (χ4n) is 2.92. The number of carbonyl (C=O) groups is 2. The number of rotatable bonds is 10. The van der Waals surface area contributed by atoms with Crippen LogP contribution in [0.3, 0.4) is 0 Å². The first-order chi connectivity index (χ1) is 14.3. The van der Waals surface area contributed by atoms with Crippen molar-refractivity contribution in [3.05, 3.63) is 59.7 Å². The minimum atomic E-state index is -0.630. The number of methoxy groups -OCH3 is 1. The predicted molar refractivity (Wildman–Crippen MR) is 118 cm³/mol. The van der Waals surface area contributed by atoms with Crippen molar-refractivity contribution in [1.29, 1.82) is 0 Å². The van der Waals surface area contributed by atoms with Gasteiger partial charge < -0.3 is 19.7 Å². The molecule has 2 amide bonds. The minimum absolute atomic E-state index is 0.0427. The molecule has 0 spiro atoms. The van der Waals surface area contributed by atoms with Gasteiger partial charge >= 0.3 is 0 Å². The van der Waals surface area contributed by atoms with E-state index in [1.54, 1.807) is 18.9 Å². The van der Waals surface area contributed by atoms with Crippen LogP contribution in [0.4, 0.5) is 0 Å². The highest BCUT2D eigenvalue weighted by atomic mass is 16.5. The zero-order valence-electron chi connectivity index (χ0n) is 18.5. The molecule has 0 aliphatic rings. The van der Waals surface area contributed by atoms with Crippen LogP contribution in [0.25, 0.3) is 0 Å². The number of aryl methyl sites for hydroxylation is 1. The molecule has 0 unspecified atom stereocenters. The van der Waals surface area contributed by atoms with Crippen molar-refractivity contribution in [2.45, 2.75) is 52.7 Å². The van der Waals surface area contributed by atoms with Crippen molar-refractivity contribution in [3.63, 3.8) is 0 Å². The Morgan fingerprint density at radius 2 is 1.73 bits per heavy atom. The number of amides is 2. The van der Waals surface area contributed by atoms with Crippen LogP contribution >= 0.6 is 0 Å². The van der Waals surface area contributed by atoms with E-state index in [9.17, 15) is 9.59 Å². The van der Waals surface area contributed by atoms with Gasteiger partial charge in [-0.2, -0.15) is 0 Å². The standard InChI is InChI=1S/C24H32N2O4/c1-6-18(3)25-24(28)19(4)26(15-20-11-13-21(29-5)14-12-20)23(27)16-30-22-10-8-7-9-17(22)2/h7-14,18-19H,6,15-16H2,1-5H3,(H,25,28)/t18-,19-/m0/s1. The Morgan fingerprint density at radius 1 is 1.07 bits per heavy atom. The molecule has 0 heterocycles. The molecule has 30 heavy (non-hydrogen) atoms. The molecule has 1 N–H and O–H groups in total.